The summed E-state index contributed by atoms with van der Waals surface area (Å²) < 4.78 is 6.79. The van der Waals surface area contributed by atoms with Crippen molar-refractivity contribution >= 4 is 17.7 Å². The zero-order valence-corrected chi connectivity index (χ0v) is 17.5. The molecule has 3 aromatic heterocycles. The molecule has 11 heteroatoms. The molecule has 4 aromatic rings. The van der Waals surface area contributed by atoms with Crippen LogP contribution in [0.4, 0.5) is 5.95 Å². The second kappa shape index (κ2) is 7.84. The summed E-state index contributed by atoms with van der Waals surface area (Å²) in [4.78, 5) is 30.2. The van der Waals surface area contributed by atoms with Crippen LogP contribution in [0.1, 0.15) is 37.1 Å². The number of aromatic nitrogens is 6. The van der Waals surface area contributed by atoms with Crippen molar-refractivity contribution in [3.63, 3.8) is 0 Å². The van der Waals surface area contributed by atoms with Gasteiger partial charge in [-0.2, -0.15) is 19.6 Å². The van der Waals surface area contributed by atoms with Gasteiger partial charge in [-0.1, -0.05) is 12.1 Å². The van der Waals surface area contributed by atoms with Crippen molar-refractivity contribution < 1.29 is 9.84 Å². The van der Waals surface area contributed by atoms with E-state index in [4.69, 9.17) is 4.74 Å². The maximum absolute atomic E-state index is 11.5. The minimum atomic E-state index is -0.500. The Morgan fingerprint density at radius 3 is 2.72 bits per heavy atom. The lowest BCUT2D eigenvalue weighted by Gasteiger charge is -2.14. The van der Waals surface area contributed by atoms with Crippen LogP contribution >= 0.6 is 0 Å². The molecule has 164 valence electrons. The molecule has 32 heavy (non-hydrogen) atoms. The molecule has 0 unspecified atom stereocenters. The van der Waals surface area contributed by atoms with Crippen molar-refractivity contribution in [2.45, 2.75) is 31.8 Å². The van der Waals surface area contributed by atoms with Crippen LogP contribution < -0.4 is 26.6 Å². The molecule has 1 saturated carbocycles. The SMILES string of the molecule is COc1ccc([C@H](C)Nc2nc(=NC3CC3)n3ncc(=Cc4[nH]c(=O)[nH]c4O)c3n2)cc1. The van der Waals surface area contributed by atoms with E-state index in [1.165, 1.54) is 0 Å². The zero-order valence-electron chi connectivity index (χ0n) is 17.5. The van der Waals surface area contributed by atoms with Gasteiger partial charge in [0.25, 0.3) is 5.62 Å². The molecular weight excluding hydrogens is 412 g/mol. The van der Waals surface area contributed by atoms with Gasteiger partial charge in [0.2, 0.25) is 11.8 Å². The van der Waals surface area contributed by atoms with E-state index < -0.39 is 5.69 Å². The smallest absolute Gasteiger partial charge is 0.326 e. The molecule has 1 aliphatic carbocycles. The highest BCUT2D eigenvalue weighted by Crippen LogP contribution is 2.23. The summed E-state index contributed by atoms with van der Waals surface area (Å²) in [6, 6.07) is 7.93. The van der Waals surface area contributed by atoms with Gasteiger partial charge < -0.3 is 20.1 Å². The van der Waals surface area contributed by atoms with Gasteiger partial charge >= 0.3 is 5.69 Å². The number of H-pyrrole nitrogens is 2. The van der Waals surface area contributed by atoms with E-state index in [9.17, 15) is 9.90 Å². The van der Waals surface area contributed by atoms with E-state index in [2.05, 4.69) is 35.3 Å². The quantitative estimate of drug-likeness (QED) is 0.348. The average molecular weight is 434 g/mol. The lowest BCUT2D eigenvalue weighted by atomic mass is 10.1. The number of fused-ring (bicyclic) bond motifs is 1. The summed E-state index contributed by atoms with van der Waals surface area (Å²) in [6.07, 6.45) is 5.24. The van der Waals surface area contributed by atoms with Gasteiger partial charge in [0.05, 0.1) is 25.4 Å². The highest BCUT2D eigenvalue weighted by molar-refractivity contribution is 5.57. The van der Waals surface area contributed by atoms with Crippen LogP contribution in [-0.2, 0) is 0 Å². The number of imidazole rings is 1. The van der Waals surface area contributed by atoms with E-state index in [1.807, 2.05) is 31.2 Å². The van der Waals surface area contributed by atoms with Crippen LogP contribution in [0.5, 0.6) is 11.6 Å². The lowest BCUT2D eigenvalue weighted by molar-refractivity contribution is 0.414. The zero-order chi connectivity index (χ0) is 22.2. The Morgan fingerprint density at radius 1 is 1.28 bits per heavy atom. The van der Waals surface area contributed by atoms with Gasteiger partial charge in [0.1, 0.15) is 11.4 Å². The Labute approximate surface area is 181 Å². The van der Waals surface area contributed by atoms with Crippen LogP contribution in [0.25, 0.3) is 11.7 Å². The summed E-state index contributed by atoms with van der Waals surface area (Å²) in [5.41, 5.74) is 1.74. The predicted molar refractivity (Wildman–Crippen MR) is 116 cm³/mol. The van der Waals surface area contributed by atoms with Crippen LogP contribution in [-0.4, -0.2) is 47.8 Å². The molecule has 0 spiro atoms. The number of ether oxygens (including phenoxy) is 1. The summed E-state index contributed by atoms with van der Waals surface area (Å²) in [5, 5.41) is 18.2. The Balaban J connectivity index is 1.58. The molecule has 0 bridgehead atoms. The standard InChI is InChI=1S/C21H22N8O3/c1-11(12-3-7-15(32-2)8-4-12)23-19-26-17-13(9-16-18(30)27-21(31)25-16)10-22-29(17)20(28-19)24-14-5-6-14/h3-4,7-11,14,30H,5-6H2,1-2H3,(H,23,24,28)(H2,25,27,31)/t11-/m0/s1. The molecule has 5 rings (SSSR count). The largest absolute Gasteiger partial charge is 0.497 e. The first-order valence-electron chi connectivity index (χ1n) is 10.2. The number of methoxy groups -OCH3 is 1. The van der Waals surface area contributed by atoms with Gasteiger partial charge in [0.15, 0.2) is 5.65 Å². The molecule has 0 radical (unpaired) electrons. The topological polar surface area (TPSA) is 146 Å². The normalized spacial score (nSPS) is 15.9. The van der Waals surface area contributed by atoms with Crippen molar-refractivity contribution in [1.29, 1.82) is 0 Å². The van der Waals surface area contributed by atoms with Crippen molar-refractivity contribution in [3.8, 4) is 11.6 Å². The molecule has 1 aromatic carbocycles. The first-order chi connectivity index (χ1) is 15.5. The number of benzene rings is 1. The summed E-state index contributed by atoms with van der Waals surface area (Å²) in [5.74, 6) is 0.939. The number of anilines is 1. The van der Waals surface area contributed by atoms with Crippen LogP contribution in [0.2, 0.25) is 0 Å². The van der Waals surface area contributed by atoms with Gasteiger partial charge in [-0.05, 0) is 43.5 Å². The molecule has 0 amide bonds. The van der Waals surface area contributed by atoms with Crippen LogP contribution in [0.15, 0.2) is 40.2 Å². The van der Waals surface area contributed by atoms with Crippen molar-refractivity contribution in [2.24, 2.45) is 4.99 Å². The predicted octanol–water partition coefficient (Wildman–Crippen LogP) is 0.639. The van der Waals surface area contributed by atoms with Gasteiger partial charge in [-0.3, -0.25) is 4.98 Å². The Morgan fingerprint density at radius 2 is 2.06 bits per heavy atom. The molecule has 1 fully saturated rings. The van der Waals surface area contributed by atoms with E-state index in [-0.39, 0.29) is 23.7 Å². The third-order valence-electron chi connectivity index (χ3n) is 5.22. The number of aromatic amines is 2. The number of nitrogens with one attached hydrogen (secondary N) is 3. The molecule has 1 atom stereocenters. The Bertz CT molecular complexity index is 1450. The number of nitrogens with zero attached hydrogens (tertiary/aromatic N) is 5. The Kier molecular flexibility index (Phi) is 4.85. The van der Waals surface area contributed by atoms with E-state index in [0.717, 1.165) is 24.2 Å². The van der Waals surface area contributed by atoms with Crippen LogP contribution in [0.3, 0.4) is 0 Å². The Hall–Kier alpha value is -4.15. The lowest BCUT2D eigenvalue weighted by Crippen LogP contribution is -2.25. The maximum atomic E-state index is 11.5. The first-order valence-corrected chi connectivity index (χ1v) is 10.2. The van der Waals surface area contributed by atoms with E-state index in [1.54, 1.807) is 23.9 Å². The fourth-order valence-electron chi connectivity index (χ4n) is 3.31. The van der Waals surface area contributed by atoms with Gasteiger partial charge in [-0.15, -0.1) is 0 Å². The monoisotopic (exact) mass is 434 g/mol. The molecule has 1 aliphatic rings. The third kappa shape index (κ3) is 3.92. The molecule has 0 aliphatic heterocycles. The van der Waals surface area contributed by atoms with E-state index in [0.29, 0.717) is 22.4 Å². The highest BCUT2D eigenvalue weighted by Gasteiger charge is 2.21. The average Bonchev–Trinajstić information content (AvgIpc) is 3.42. The number of aromatic hydroxyl groups is 1. The second-order valence-corrected chi connectivity index (χ2v) is 7.67. The minimum absolute atomic E-state index is 0.0717. The molecular formula is C21H22N8O3. The van der Waals surface area contributed by atoms with Crippen molar-refractivity contribution in [1.82, 2.24) is 29.5 Å². The third-order valence-corrected chi connectivity index (χ3v) is 5.22. The number of rotatable bonds is 6. The van der Waals surface area contributed by atoms with Gasteiger partial charge in [0, 0.05) is 5.22 Å². The highest BCUT2D eigenvalue weighted by atomic mass is 16.5. The fourth-order valence-corrected chi connectivity index (χ4v) is 3.31. The number of hydrogen-bond donors (Lipinski definition) is 4. The van der Waals surface area contributed by atoms with Crippen molar-refractivity contribution in [3.05, 3.63) is 63.0 Å². The molecule has 4 N–H and O–H groups in total. The summed E-state index contributed by atoms with van der Waals surface area (Å²) in [7, 11) is 1.63. The van der Waals surface area contributed by atoms with E-state index >= 15 is 0 Å². The van der Waals surface area contributed by atoms with Crippen molar-refractivity contribution in [2.75, 3.05) is 12.4 Å². The second-order valence-electron chi connectivity index (χ2n) is 7.67. The minimum Gasteiger partial charge on any atom is -0.497 e. The maximum Gasteiger partial charge on any atom is 0.326 e. The summed E-state index contributed by atoms with van der Waals surface area (Å²) in [6.45, 7) is 2.01. The molecule has 3 heterocycles. The fraction of sp³-hybridized carbons (Fsp3) is 0.286. The number of hydrogen-bond acceptors (Lipinski definition) is 8. The van der Waals surface area contributed by atoms with Crippen LogP contribution in [0, 0.1) is 0 Å². The first kappa shape index (κ1) is 19.8. The summed E-state index contributed by atoms with van der Waals surface area (Å²) >= 11 is 0. The molecule has 0 saturated heterocycles. The molecule has 11 nitrogen and oxygen atoms in total. The van der Waals surface area contributed by atoms with Gasteiger partial charge in [-0.25, -0.2) is 9.79 Å².